The largest absolute Gasteiger partial charge is 0.508 e. The fourth-order valence-corrected chi connectivity index (χ4v) is 2.68. The molecule has 23 heavy (non-hydrogen) atoms. The number of nitrogens with one attached hydrogen (secondary N) is 2. The number of phenolic OH excluding ortho intramolecular Hbond substituents is 1. The molecule has 0 unspecified atom stereocenters. The zero-order chi connectivity index (χ0) is 16.2. The summed E-state index contributed by atoms with van der Waals surface area (Å²) in [6, 6.07) is 12.2. The summed E-state index contributed by atoms with van der Waals surface area (Å²) >= 11 is 1.56. The summed E-state index contributed by atoms with van der Waals surface area (Å²) in [6.45, 7) is 1.75. The van der Waals surface area contributed by atoms with Crippen LogP contribution >= 0.6 is 11.3 Å². The Morgan fingerprint density at radius 3 is 2.91 bits per heavy atom. The number of aromatic nitrogens is 2. The van der Waals surface area contributed by atoms with Crippen LogP contribution < -0.4 is 5.43 Å². The summed E-state index contributed by atoms with van der Waals surface area (Å²) in [4.78, 5) is 13.1. The Hall–Kier alpha value is -2.93. The number of benzene rings is 1. The van der Waals surface area contributed by atoms with E-state index in [9.17, 15) is 9.90 Å². The van der Waals surface area contributed by atoms with Crippen LogP contribution in [0.2, 0.25) is 0 Å². The summed E-state index contributed by atoms with van der Waals surface area (Å²) in [5, 5.41) is 22.3. The summed E-state index contributed by atoms with van der Waals surface area (Å²) in [5.41, 5.74) is 4.83. The first kappa shape index (κ1) is 15.0. The molecular formula is C16H14N4O2S. The SMILES string of the molecule is CC(=NNC(=O)c1cc(-c2cccs2)[nH]n1)c1cccc(O)c1. The molecule has 0 radical (unpaired) electrons. The molecule has 3 rings (SSSR count). The van der Waals surface area contributed by atoms with Crippen LogP contribution in [0.5, 0.6) is 5.75 Å². The number of carbonyl (C=O) groups is 1. The van der Waals surface area contributed by atoms with Crippen molar-refractivity contribution >= 4 is 23.0 Å². The zero-order valence-corrected chi connectivity index (χ0v) is 13.1. The predicted octanol–water partition coefficient (Wildman–Crippen LogP) is 3.00. The van der Waals surface area contributed by atoms with Crippen molar-refractivity contribution in [3.8, 4) is 16.3 Å². The molecule has 1 amide bonds. The topological polar surface area (TPSA) is 90.4 Å². The van der Waals surface area contributed by atoms with Gasteiger partial charge < -0.3 is 5.11 Å². The van der Waals surface area contributed by atoms with E-state index in [1.165, 1.54) is 0 Å². The van der Waals surface area contributed by atoms with E-state index in [4.69, 9.17) is 0 Å². The van der Waals surface area contributed by atoms with Gasteiger partial charge in [-0.05, 0) is 36.6 Å². The Morgan fingerprint density at radius 1 is 1.30 bits per heavy atom. The van der Waals surface area contributed by atoms with Gasteiger partial charge in [-0.25, -0.2) is 5.43 Å². The number of phenols is 1. The molecule has 0 aliphatic heterocycles. The maximum absolute atomic E-state index is 12.1. The molecule has 3 aromatic rings. The molecule has 2 heterocycles. The lowest BCUT2D eigenvalue weighted by Crippen LogP contribution is -2.19. The van der Waals surface area contributed by atoms with Gasteiger partial charge >= 0.3 is 0 Å². The highest BCUT2D eigenvalue weighted by Crippen LogP contribution is 2.22. The third-order valence-corrected chi connectivity index (χ3v) is 4.09. The van der Waals surface area contributed by atoms with Gasteiger partial charge in [0.05, 0.1) is 16.3 Å². The van der Waals surface area contributed by atoms with E-state index >= 15 is 0 Å². The van der Waals surface area contributed by atoms with Gasteiger partial charge in [-0.2, -0.15) is 10.2 Å². The molecule has 0 saturated heterocycles. The second kappa shape index (κ2) is 6.45. The molecule has 0 aliphatic rings. The Balaban J connectivity index is 1.71. The molecule has 3 N–H and O–H groups in total. The summed E-state index contributed by atoms with van der Waals surface area (Å²) < 4.78 is 0. The molecule has 2 aromatic heterocycles. The first-order valence-electron chi connectivity index (χ1n) is 6.87. The van der Waals surface area contributed by atoms with Gasteiger partial charge in [0.2, 0.25) is 0 Å². The second-order valence-corrected chi connectivity index (χ2v) is 5.78. The predicted molar refractivity (Wildman–Crippen MR) is 89.7 cm³/mol. The zero-order valence-electron chi connectivity index (χ0n) is 12.3. The first-order chi connectivity index (χ1) is 11.1. The van der Waals surface area contributed by atoms with Crippen molar-refractivity contribution in [3.63, 3.8) is 0 Å². The third-order valence-electron chi connectivity index (χ3n) is 3.19. The molecule has 1 aromatic carbocycles. The van der Waals surface area contributed by atoms with E-state index in [0.29, 0.717) is 5.71 Å². The Morgan fingerprint density at radius 2 is 2.17 bits per heavy atom. The van der Waals surface area contributed by atoms with E-state index in [0.717, 1.165) is 16.1 Å². The number of carbonyl (C=O) groups excluding carboxylic acids is 1. The minimum absolute atomic E-state index is 0.149. The van der Waals surface area contributed by atoms with Gasteiger partial charge in [0.25, 0.3) is 5.91 Å². The lowest BCUT2D eigenvalue weighted by atomic mass is 10.1. The van der Waals surface area contributed by atoms with Crippen molar-refractivity contribution in [1.82, 2.24) is 15.6 Å². The van der Waals surface area contributed by atoms with Crippen LogP contribution in [0.4, 0.5) is 0 Å². The average molecular weight is 326 g/mol. The standard InChI is InChI=1S/C16H14N4O2S/c1-10(11-4-2-5-12(21)8-11)17-20-16(22)14-9-13(18-19-14)15-6-3-7-23-15/h2-9,21H,1H3,(H,18,19)(H,20,22). The number of amides is 1. The highest BCUT2D eigenvalue weighted by molar-refractivity contribution is 7.13. The summed E-state index contributed by atoms with van der Waals surface area (Å²) in [6.07, 6.45) is 0. The molecule has 0 atom stereocenters. The van der Waals surface area contributed by atoms with E-state index < -0.39 is 5.91 Å². The van der Waals surface area contributed by atoms with Crippen LogP contribution in [-0.2, 0) is 0 Å². The molecule has 0 bridgehead atoms. The van der Waals surface area contributed by atoms with Gasteiger partial charge in [0.1, 0.15) is 5.75 Å². The monoisotopic (exact) mass is 326 g/mol. The van der Waals surface area contributed by atoms with Crippen molar-refractivity contribution in [2.45, 2.75) is 6.92 Å². The normalized spacial score (nSPS) is 11.4. The average Bonchev–Trinajstić information content (AvgIpc) is 3.22. The quantitative estimate of drug-likeness (QED) is 0.508. The van der Waals surface area contributed by atoms with E-state index in [1.807, 2.05) is 17.5 Å². The van der Waals surface area contributed by atoms with Crippen molar-refractivity contribution < 1.29 is 9.90 Å². The van der Waals surface area contributed by atoms with Gasteiger partial charge in [-0.15, -0.1) is 11.3 Å². The van der Waals surface area contributed by atoms with Crippen molar-refractivity contribution in [2.75, 3.05) is 0 Å². The fraction of sp³-hybridized carbons (Fsp3) is 0.0625. The molecule has 116 valence electrons. The van der Waals surface area contributed by atoms with Crippen molar-refractivity contribution in [3.05, 3.63) is 59.1 Å². The number of rotatable bonds is 4. The highest BCUT2D eigenvalue weighted by atomic mass is 32.1. The van der Waals surface area contributed by atoms with E-state index in [-0.39, 0.29) is 11.4 Å². The van der Waals surface area contributed by atoms with Gasteiger partial charge in [0, 0.05) is 5.56 Å². The molecule has 0 fully saturated rings. The Kier molecular flexibility index (Phi) is 4.20. The highest BCUT2D eigenvalue weighted by Gasteiger charge is 2.11. The van der Waals surface area contributed by atoms with Crippen LogP contribution in [-0.4, -0.2) is 26.9 Å². The minimum atomic E-state index is -0.399. The third kappa shape index (κ3) is 3.46. The van der Waals surface area contributed by atoms with Crippen molar-refractivity contribution in [1.29, 1.82) is 0 Å². The van der Waals surface area contributed by atoms with Crippen LogP contribution in [0.3, 0.4) is 0 Å². The summed E-state index contributed by atoms with van der Waals surface area (Å²) in [7, 11) is 0. The molecule has 6 nitrogen and oxygen atoms in total. The molecule has 7 heteroatoms. The maximum Gasteiger partial charge on any atom is 0.291 e. The van der Waals surface area contributed by atoms with Crippen LogP contribution in [0.15, 0.2) is 52.9 Å². The number of aromatic hydroxyl groups is 1. The van der Waals surface area contributed by atoms with E-state index in [1.54, 1.807) is 48.6 Å². The Bertz CT molecular complexity index is 853. The summed E-state index contributed by atoms with van der Waals surface area (Å²) in [5.74, 6) is -0.250. The Labute approximate surface area is 136 Å². The maximum atomic E-state index is 12.1. The van der Waals surface area contributed by atoms with E-state index in [2.05, 4.69) is 20.7 Å². The fourth-order valence-electron chi connectivity index (χ4n) is 1.98. The molecule has 0 aliphatic carbocycles. The number of nitrogens with zero attached hydrogens (tertiary/aromatic N) is 2. The number of hydrogen-bond acceptors (Lipinski definition) is 5. The lowest BCUT2D eigenvalue weighted by molar-refractivity contribution is 0.0950. The molecular weight excluding hydrogens is 312 g/mol. The van der Waals surface area contributed by atoms with Crippen LogP contribution in [0.25, 0.3) is 10.6 Å². The van der Waals surface area contributed by atoms with Gasteiger partial charge in [-0.3, -0.25) is 9.89 Å². The molecule has 0 spiro atoms. The number of thiophene rings is 1. The second-order valence-electron chi connectivity index (χ2n) is 4.83. The number of hydrogen-bond donors (Lipinski definition) is 3. The van der Waals surface area contributed by atoms with Crippen LogP contribution in [0.1, 0.15) is 23.0 Å². The number of H-pyrrole nitrogens is 1. The first-order valence-corrected chi connectivity index (χ1v) is 7.75. The van der Waals surface area contributed by atoms with Gasteiger partial charge in [-0.1, -0.05) is 18.2 Å². The number of hydrazone groups is 1. The smallest absolute Gasteiger partial charge is 0.291 e. The lowest BCUT2D eigenvalue weighted by Gasteiger charge is -2.02. The molecule has 0 saturated carbocycles. The minimum Gasteiger partial charge on any atom is -0.508 e. The number of aromatic amines is 1. The van der Waals surface area contributed by atoms with Gasteiger partial charge in [0.15, 0.2) is 5.69 Å². The van der Waals surface area contributed by atoms with Crippen LogP contribution in [0, 0.1) is 0 Å². The van der Waals surface area contributed by atoms with Crippen molar-refractivity contribution in [2.24, 2.45) is 5.10 Å².